The molecule has 2 aliphatic rings. The van der Waals surface area contributed by atoms with Crippen LogP contribution in [0.1, 0.15) is 39.5 Å². The first kappa shape index (κ1) is 8.89. The van der Waals surface area contributed by atoms with Crippen molar-refractivity contribution in [2.24, 2.45) is 0 Å². The quantitative estimate of drug-likeness (QED) is 0.709. The first-order chi connectivity index (χ1) is 5.74. The van der Waals surface area contributed by atoms with E-state index >= 15 is 0 Å². The number of rotatable bonds is 2. The minimum atomic E-state index is 0.812. The SMILES string of the molecule is CC(C)SC1C[C@H]2CC[C@H](C1)N2. The number of thioether (sulfide) groups is 1. The summed E-state index contributed by atoms with van der Waals surface area (Å²) in [6.45, 7) is 4.63. The average molecular weight is 185 g/mol. The molecule has 2 fully saturated rings. The van der Waals surface area contributed by atoms with E-state index in [1.54, 1.807) is 0 Å². The van der Waals surface area contributed by atoms with Crippen molar-refractivity contribution in [3.05, 3.63) is 0 Å². The predicted molar refractivity (Wildman–Crippen MR) is 55.7 cm³/mol. The van der Waals surface area contributed by atoms with Gasteiger partial charge in [0, 0.05) is 17.3 Å². The molecule has 0 aromatic heterocycles. The van der Waals surface area contributed by atoms with Gasteiger partial charge in [0.25, 0.3) is 0 Å². The third-order valence-electron chi connectivity index (χ3n) is 2.89. The van der Waals surface area contributed by atoms with Crippen molar-refractivity contribution in [3.63, 3.8) is 0 Å². The van der Waals surface area contributed by atoms with Gasteiger partial charge in [0.2, 0.25) is 0 Å². The van der Waals surface area contributed by atoms with Gasteiger partial charge in [-0.05, 0) is 30.9 Å². The summed E-state index contributed by atoms with van der Waals surface area (Å²) in [4.78, 5) is 0. The smallest absolute Gasteiger partial charge is 0.00807 e. The summed E-state index contributed by atoms with van der Waals surface area (Å²) in [7, 11) is 0. The summed E-state index contributed by atoms with van der Waals surface area (Å²) in [5, 5.41) is 5.44. The van der Waals surface area contributed by atoms with Gasteiger partial charge >= 0.3 is 0 Å². The van der Waals surface area contributed by atoms with Crippen molar-refractivity contribution in [2.45, 2.75) is 62.1 Å². The highest BCUT2D eigenvalue weighted by Crippen LogP contribution is 2.35. The molecule has 1 N–H and O–H groups in total. The van der Waals surface area contributed by atoms with Gasteiger partial charge in [-0.15, -0.1) is 0 Å². The summed E-state index contributed by atoms with van der Waals surface area (Å²) in [5.74, 6) is 0. The van der Waals surface area contributed by atoms with Crippen LogP contribution in [0.25, 0.3) is 0 Å². The van der Waals surface area contributed by atoms with E-state index in [1.165, 1.54) is 25.7 Å². The zero-order chi connectivity index (χ0) is 8.55. The molecule has 2 saturated heterocycles. The van der Waals surface area contributed by atoms with Crippen LogP contribution in [0.5, 0.6) is 0 Å². The molecule has 2 heterocycles. The van der Waals surface area contributed by atoms with E-state index in [-0.39, 0.29) is 0 Å². The standard InChI is InChI=1S/C10H19NS/c1-7(2)12-10-5-8-3-4-9(6-10)11-8/h7-11H,3-6H2,1-2H3/t8-,9-/m1/s1. The van der Waals surface area contributed by atoms with Crippen LogP contribution in [0.15, 0.2) is 0 Å². The summed E-state index contributed by atoms with van der Waals surface area (Å²) in [5.41, 5.74) is 0. The molecule has 70 valence electrons. The van der Waals surface area contributed by atoms with Crippen molar-refractivity contribution in [2.75, 3.05) is 0 Å². The lowest BCUT2D eigenvalue weighted by atomic mass is 10.1. The van der Waals surface area contributed by atoms with Gasteiger partial charge in [0.15, 0.2) is 0 Å². The molecule has 0 saturated carbocycles. The molecule has 2 bridgehead atoms. The van der Waals surface area contributed by atoms with Gasteiger partial charge in [-0.3, -0.25) is 0 Å². The zero-order valence-corrected chi connectivity index (χ0v) is 8.86. The fourth-order valence-corrected chi connectivity index (χ4v) is 3.96. The molecule has 0 amide bonds. The minimum absolute atomic E-state index is 0.812. The summed E-state index contributed by atoms with van der Waals surface area (Å²) in [6, 6.07) is 1.72. The second-order valence-corrected chi connectivity index (χ2v) is 6.30. The maximum absolute atomic E-state index is 3.68. The maximum Gasteiger partial charge on any atom is 0.00807 e. The van der Waals surface area contributed by atoms with Crippen LogP contribution >= 0.6 is 11.8 Å². The fourth-order valence-electron chi connectivity index (χ4n) is 2.50. The normalized spacial score (nSPS) is 40.8. The molecule has 2 aliphatic heterocycles. The van der Waals surface area contributed by atoms with Gasteiger partial charge in [0.05, 0.1) is 0 Å². The van der Waals surface area contributed by atoms with E-state index in [4.69, 9.17) is 0 Å². The molecule has 0 aromatic carbocycles. The van der Waals surface area contributed by atoms with Crippen molar-refractivity contribution >= 4 is 11.8 Å². The summed E-state index contributed by atoms with van der Waals surface area (Å²) in [6.07, 6.45) is 5.69. The Labute approximate surface area is 79.7 Å². The Kier molecular flexibility index (Phi) is 2.66. The topological polar surface area (TPSA) is 12.0 Å². The third kappa shape index (κ3) is 1.97. The van der Waals surface area contributed by atoms with Gasteiger partial charge < -0.3 is 5.32 Å². The zero-order valence-electron chi connectivity index (χ0n) is 8.05. The van der Waals surface area contributed by atoms with Gasteiger partial charge in [0.1, 0.15) is 0 Å². The van der Waals surface area contributed by atoms with E-state index in [1.807, 2.05) is 0 Å². The first-order valence-electron chi connectivity index (χ1n) is 5.15. The summed E-state index contributed by atoms with van der Waals surface area (Å²) >= 11 is 2.18. The third-order valence-corrected chi connectivity index (χ3v) is 4.21. The van der Waals surface area contributed by atoms with Crippen molar-refractivity contribution in [1.82, 2.24) is 5.32 Å². The molecule has 0 aromatic rings. The molecule has 0 aliphatic carbocycles. The largest absolute Gasteiger partial charge is 0.311 e. The number of nitrogens with one attached hydrogen (secondary N) is 1. The van der Waals surface area contributed by atoms with E-state index in [0.29, 0.717) is 0 Å². The second-order valence-electron chi connectivity index (χ2n) is 4.42. The molecule has 2 atom stereocenters. The molecule has 2 heteroatoms. The van der Waals surface area contributed by atoms with E-state index in [9.17, 15) is 0 Å². The Morgan fingerprint density at radius 1 is 1.17 bits per heavy atom. The lowest BCUT2D eigenvalue weighted by Crippen LogP contribution is -2.39. The van der Waals surface area contributed by atoms with Crippen LogP contribution < -0.4 is 5.32 Å². The monoisotopic (exact) mass is 185 g/mol. The maximum atomic E-state index is 3.68. The highest BCUT2D eigenvalue weighted by molar-refractivity contribution is 8.00. The van der Waals surface area contributed by atoms with Crippen LogP contribution in [0.4, 0.5) is 0 Å². The van der Waals surface area contributed by atoms with Gasteiger partial charge in [-0.2, -0.15) is 11.8 Å². The Morgan fingerprint density at radius 2 is 1.75 bits per heavy atom. The molecule has 12 heavy (non-hydrogen) atoms. The van der Waals surface area contributed by atoms with Crippen LogP contribution in [-0.2, 0) is 0 Å². The molecule has 0 unspecified atom stereocenters. The molecule has 0 radical (unpaired) electrons. The highest BCUT2D eigenvalue weighted by Gasteiger charge is 2.33. The lowest BCUT2D eigenvalue weighted by Gasteiger charge is -2.29. The Morgan fingerprint density at radius 3 is 2.25 bits per heavy atom. The molecular formula is C10H19NS. The van der Waals surface area contributed by atoms with E-state index in [0.717, 1.165) is 22.6 Å². The van der Waals surface area contributed by atoms with Crippen molar-refractivity contribution < 1.29 is 0 Å². The second kappa shape index (κ2) is 3.59. The van der Waals surface area contributed by atoms with Crippen molar-refractivity contribution in [3.8, 4) is 0 Å². The summed E-state index contributed by atoms with van der Waals surface area (Å²) < 4.78 is 0. The Balaban J connectivity index is 1.85. The average Bonchev–Trinajstić information content (AvgIpc) is 2.29. The van der Waals surface area contributed by atoms with E-state index < -0.39 is 0 Å². The van der Waals surface area contributed by atoms with E-state index in [2.05, 4.69) is 30.9 Å². The van der Waals surface area contributed by atoms with Crippen LogP contribution in [0, 0.1) is 0 Å². The Hall–Kier alpha value is 0.310. The van der Waals surface area contributed by atoms with Gasteiger partial charge in [-0.1, -0.05) is 13.8 Å². The number of hydrogen-bond acceptors (Lipinski definition) is 2. The van der Waals surface area contributed by atoms with Crippen LogP contribution in [-0.4, -0.2) is 22.6 Å². The van der Waals surface area contributed by atoms with Crippen molar-refractivity contribution in [1.29, 1.82) is 0 Å². The predicted octanol–water partition coefficient (Wildman–Crippen LogP) is 2.41. The number of hydrogen-bond donors (Lipinski definition) is 1. The molecule has 1 nitrogen and oxygen atoms in total. The minimum Gasteiger partial charge on any atom is -0.311 e. The lowest BCUT2D eigenvalue weighted by molar-refractivity contribution is 0.414. The fraction of sp³-hybridized carbons (Fsp3) is 1.00. The molecular weight excluding hydrogens is 166 g/mol. The first-order valence-corrected chi connectivity index (χ1v) is 6.10. The molecule has 0 spiro atoms. The van der Waals surface area contributed by atoms with Crippen LogP contribution in [0.3, 0.4) is 0 Å². The van der Waals surface area contributed by atoms with Crippen LogP contribution in [0.2, 0.25) is 0 Å². The Bertz CT molecular complexity index is 146. The highest BCUT2D eigenvalue weighted by atomic mass is 32.2. The number of fused-ring (bicyclic) bond motifs is 2. The molecule has 2 rings (SSSR count). The number of piperidine rings is 1. The van der Waals surface area contributed by atoms with Gasteiger partial charge in [-0.25, -0.2) is 0 Å².